The van der Waals surface area contributed by atoms with Crippen LogP contribution in [0, 0.1) is 6.92 Å². The van der Waals surface area contributed by atoms with Crippen molar-refractivity contribution in [3.63, 3.8) is 0 Å². The van der Waals surface area contributed by atoms with Crippen LogP contribution in [0.3, 0.4) is 0 Å². The number of aromatic nitrogens is 4. The number of hydrogen-bond acceptors (Lipinski definition) is 6. The van der Waals surface area contributed by atoms with Gasteiger partial charge in [-0.1, -0.05) is 0 Å². The Balaban J connectivity index is 1.33. The van der Waals surface area contributed by atoms with Crippen LogP contribution in [0.2, 0.25) is 0 Å². The first-order chi connectivity index (χ1) is 13.5. The molecule has 2 amide bonds. The van der Waals surface area contributed by atoms with E-state index in [1.54, 1.807) is 15.6 Å². The summed E-state index contributed by atoms with van der Waals surface area (Å²) >= 11 is 0. The van der Waals surface area contributed by atoms with Crippen molar-refractivity contribution in [2.45, 2.75) is 39.2 Å². The monoisotopic (exact) mass is 385 g/mol. The molecule has 28 heavy (non-hydrogen) atoms. The topological polar surface area (TPSA) is 86.9 Å². The molecule has 0 bridgehead atoms. The van der Waals surface area contributed by atoms with Crippen molar-refractivity contribution in [2.24, 2.45) is 0 Å². The minimum Gasteiger partial charge on any atom is -0.339 e. The highest BCUT2D eigenvalue weighted by Crippen LogP contribution is 2.17. The van der Waals surface area contributed by atoms with Crippen molar-refractivity contribution >= 4 is 17.6 Å². The van der Waals surface area contributed by atoms with E-state index in [9.17, 15) is 9.59 Å². The van der Waals surface area contributed by atoms with E-state index in [2.05, 4.69) is 26.9 Å². The van der Waals surface area contributed by atoms with Crippen molar-refractivity contribution in [3.05, 3.63) is 23.8 Å². The van der Waals surface area contributed by atoms with Gasteiger partial charge >= 0.3 is 0 Å². The van der Waals surface area contributed by atoms with Gasteiger partial charge < -0.3 is 9.80 Å². The summed E-state index contributed by atoms with van der Waals surface area (Å²) in [5.74, 6) is 0.632. The smallest absolute Gasteiger partial charge is 0.293 e. The Morgan fingerprint density at radius 2 is 1.93 bits per heavy atom. The van der Waals surface area contributed by atoms with Gasteiger partial charge in [0, 0.05) is 50.7 Å². The number of piperidine rings is 1. The molecule has 9 nitrogen and oxygen atoms in total. The number of fused-ring (bicyclic) bond motifs is 1. The van der Waals surface area contributed by atoms with E-state index in [1.165, 1.54) is 6.42 Å². The zero-order valence-electron chi connectivity index (χ0n) is 16.5. The second kappa shape index (κ2) is 7.83. The van der Waals surface area contributed by atoms with Gasteiger partial charge in [0.25, 0.3) is 11.7 Å². The van der Waals surface area contributed by atoms with E-state index in [4.69, 9.17) is 0 Å². The van der Waals surface area contributed by atoms with Crippen LogP contribution in [-0.4, -0.2) is 91.4 Å². The van der Waals surface area contributed by atoms with Crippen molar-refractivity contribution < 1.29 is 9.59 Å². The molecule has 0 aromatic carbocycles. The van der Waals surface area contributed by atoms with Crippen LogP contribution < -0.4 is 0 Å². The van der Waals surface area contributed by atoms with Gasteiger partial charge in [-0.2, -0.15) is 4.98 Å². The highest BCUT2D eigenvalue weighted by molar-refractivity contribution is 5.91. The number of amides is 2. The van der Waals surface area contributed by atoms with Crippen LogP contribution in [0.25, 0.3) is 5.78 Å². The van der Waals surface area contributed by atoms with Crippen molar-refractivity contribution in [3.8, 4) is 0 Å². The molecule has 2 aliphatic heterocycles. The molecule has 0 spiro atoms. The summed E-state index contributed by atoms with van der Waals surface area (Å²) in [6, 6.07) is 2.16. The van der Waals surface area contributed by atoms with Crippen LogP contribution in [0.15, 0.2) is 12.3 Å². The standard InChI is InChI=1S/C19H27N7O2/c1-14-5-3-4-8-25(14)16(27)13-23-9-11-24(12-10-23)18(28)17-21-19-20-7-6-15(2)26(19)22-17/h6-7,14H,3-5,8-13H2,1-2H3. The van der Waals surface area contributed by atoms with E-state index in [-0.39, 0.29) is 17.6 Å². The Morgan fingerprint density at radius 3 is 2.64 bits per heavy atom. The fourth-order valence-corrected chi connectivity index (χ4v) is 4.00. The van der Waals surface area contributed by atoms with Crippen molar-refractivity contribution in [2.75, 3.05) is 39.3 Å². The third-order valence-electron chi connectivity index (χ3n) is 5.76. The molecule has 2 aliphatic rings. The minimum absolute atomic E-state index is 0.175. The highest BCUT2D eigenvalue weighted by atomic mass is 16.2. The molecule has 9 heteroatoms. The lowest BCUT2D eigenvalue weighted by Gasteiger charge is -2.37. The maximum absolute atomic E-state index is 12.8. The molecule has 150 valence electrons. The summed E-state index contributed by atoms with van der Waals surface area (Å²) in [6.07, 6.45) is 5.05. The zero-order chi connectivity index (χ0) is 19.7. The average Bonchev–Trinajstić information content (AvgIpc) is 3.14. The molecule has 2 aromatic heterocycles. The second-order valence-electron chi connectivity index (χ2n) is 7.73. The maximum atomic E-state index is 12.8. The van der Waals surface area contributed by atoms with Gasteiger partial charge in [-0.25, -0.2) is 9.50 Å². The van der Waals surface area contributed by atoms with Gasteiger partial charge in [0.1, 0.15) is 0 Å². The Kier molecular flexibility index (Phi) is 5.25. The molecular formula is C19H27N7O2. The number of likely N-dealkylation sites (tertiary alicyclic amines) is 1. The Labute approximate surface area is 164 Å². The summed E-state index contributed by atoms with van der Waals surface area (Å²) in [6.45, 7) is 7.85. The molecule has 1 atom stereocenters. The third kappa shape index (κ3) is 3.71. The Bertz CT molecular complexity index is 872. The molecule has 0 N–H and O–H groups in total. The van der Waals surface area contributed by atoms with E-state index in [1.807, 2.05) is 17.9 Å². The van der Waals surface area contributed by atoms with Crippen LogP contribution in [0.4, 0.5) is 0 Å². The Hall–Kier alpha value is -2.55. The molecule has 2 saturated heterocycles. The molecule has 2 fully saturated rings. The quantitative estimate of drug-likeness (QED) is 0.769. The van der Waals surface area contributed by atoms with E-state index in [0.717, 1.165) is 25.1 Å². The lowest BCUT2D eigenvalue weighted by Crippen LogP contribution is -2.53. The van der Waals surface area contributed by atoms with Crippen LogP contribution in [0.1, 0.15) is 42.5 Å². The van der Waals surface area contributed by atoms with E-state index >= 15 is 0 Å². The maximum Gasteiger partial charge on any atom is 0.293 e. The van der Waals surface area contributed by atoms with Crippen LogP contribution in [0.5, 0.6) is 0 Å². The second-order valence-corrected chi connectivity index (χ2v) is 7.73. The summed E-state index contributed by atoms with van der Waals surface area (Å²) in [7, 11) is 0. The molecule has 4 rings (SSSR count). The first-order valence-electron chi connectivity index (χ1n) is 10.0. The zero-order valence-corrected chi connectivity index (χ0v) is 16.5. The molecule has 4 heterocycles. The van der Waals surface area contributed by atoms with Crippen LogP contribution >= 0.6 is 0 Å². The van der Waals surface area contributed by atoms with Gasteiger partial charge in [0.15, 0.2) is 0 Å². The number of nitrogens with zero attached hydrogens (tertiary/aromatic N) is 7. The fraction of sp³-hybridized carbons (Fsp3) is 0.632. The largest absolute Gasteiger partial charge is 0.339 e. The first-order valence-corrected chi connectivity index (χ1v) is 10.0. The number of carbonyl (C=O) groups excluding carboxylic acids is 2. The summed E-state index contributed by atoms with van der Waals surface area (Å²) in [5, 5.41) is 4.30. The van der Waals surface area contributed by atoms with Gasteiger partial charge in [-0.3, -0.25) is 14.5 Å². The molecule has 2 aromatic rings. The van der Waals surface area contributed by atoms with Crippen molar-refractivity contribution in [1.82, 2.24) is 34.3 Å². The first kappa shape index (κ1) is 18.8. The predicted molar refractivity (Wildman–Crippen MR) is 103 cm³/mol. The highest BCUT2D eigenvalue weighted by Gasteiger charge is 2.29. The van der Waals surface area contributed by atoms with Gasteiger partial charge in [-0.15, -0.1) is 5.10 Å². The van der Waals surface area contributed by atoms with E-state index < -0.39 is 0 Å². The normalized spacial score (nSPS) is 21.3. The van der Waals surface area contributed by atoms with Gasteiger partial charge in [0.2, 0.25) is 11.7 Å². The van der Waals surface area contributed by atoms with Crippen LogP contribution in [-0.2, 0) is 4.79 Å². The van der Waals surface area contributed by atoms with Gasteiger partial charge in [0.05, 0.1) is 6.54 Å². The minimum atomic E-state index is -0.180. The van der Waals surface area contributed by atoms with Crippen molar-refractivity contribution in [1.29, 1.82) is 0 Å². The molecular weight excluding hydrogens is 358 g/mol. The van der Waals surface area contributed by atoms with E-state index in [0.29, 0.717) is 44.5 Å². The molecule has 0 aliphatic carbocycles. The average molecular weight is 385 g/mol. The molecule has 0 saturated carbocycles. The number of hydrogen-bond donors (Lipinski definition) is 0. The number of rotatable bonds is 3. The Morgan fingerprint density at radius 1 is 1.14 bits per heavy atom. The number of aryl methyl sites for hydroxylation is 1. The summed E-state index contributed by atoms with van der Waals surface area (Å²) < 4.78 is 1.59. The summed E-state index contributed by atoms with van der Waals surface area (Å²) in [4.78, 5) is 39.7. The lowest BCUT2D eigenvalue weighted by atomic mass is 10.0. The lowest BCUT2D eigenvalue weighted by molar-refractivity contribution is -0.136. The molecule has 0 radical (unpaired) electrons. The molecule has 1 unspecified atom stereocenters. The fourth-order valence-electron chi connectivity index (χ4n) is 4.00. The number of piperazine rings is 1. The number of carbonyl (C=O) groups is 2. The third-order valence-corrected chi connectivity index (χ3v) is 5.76. The SMILES string of the molecule is Cc1ccnc2nc(C(=O)N3CCN(CC(=O)N4CCCCC4C)CC3)nn12. The van der Waals surface area contributed by atoms with Gasteiger partial charge in [-0.05, 0) is 39.2 Å². The predicted octanol–water partition coefficient (Wildman–Crippen LogP) is 0.592. The summed E-state index contributed by atoms with van der Waals surface area (Å²) in [5.41, 5.74) is 0.881.